The topological polar surface area (TPSA) is 44.8 Å². The molecule has 0 N–H and O–H groups in total. The zero-order valence-electron chi connectivity index (χ0n) is 12.2. The lowest BCUT2D eigenvalue weighted by molar-refractivity contribution is -0.00636. The zero-order valence-corrected chi connectivity index (χ0v) is 15.4. The molecular formula is C17H12Br2O4. The van der Waals surface area contributed by atoms with E-state index in [9.17, 15) is 4.79 Å². The summed E-state index contributed by atoms with van der Waals surface area (Å²) in [6, 6.07) is 9.43. The summed E-state index contributed by atoms with van der Waals surface area (Å²) < 4.78 is 18.6. The predicted octanol–water partition coefficient (Wildman–Crippen LogP) is 4.42. The van der Waals surface area contributed by atoms with E-state index in [0.29, 0.717) is 34.6 Å². The second-order valence-electron chi connectivity index (χ2n) is 5.44. The molecule has 0 aliphatic carbocycles. The molecule has 0 bridgehead atoms. The van der Waals surface area contributed by atoms with Gasteiger partial charge in [0.15, 0.2) is 11.4 Å². The first-order chi connectivity index (χ1) is 11.1. The Morgan fingerprint density at radius 2 is 2.00 bits per heavy atom. The van der Waals surface area contributed by atoms with Gasteiger partial charge in [0.05, 0.1) is 23.8 Å². The van der Waals surface area contributed by atoms with Gasteiger partial charge in [0.1, 0.15) is 10.2 Å². The Bertz CT molecular complexity index is 834. The molecule has 2 heterocycles. The van der Waals surface area contributed by atoms with Gasteiger partial charge in [0.25, 0.3) is 0 Å². The lowest BCUT2D eigenvalue weighted by Gasteiger charge is -2.35. The maximum absolute atomic E-state index is 12.3. The van der Waals surface area contributed by atoms with E-state index < -0.39 is 5.60 Å². The fourth-order valence-electron chi connectivity index (χ4n) is 3.31. The molecular weight excluding hydrogens is 428 g/mol. The summed E-state index contributed by atoms with van der Waals surface area (Å²) in [4.78, 5) is 12.3. The Morgan fingerprint density at radius 3 is 2.78 bits per heavy atom. The van der Waals surface area contributed by atoms with E-state index in [1.165, 1.54) is 0 Å². The summed E-state index contributed by atoms with van der Waals surface area (Å²) in [6.07, 6.45) is 0.577. The second-order valence-corrected chi connectivity index (χ2v) is 7.09. The first kappa shape index (κ1) is 15.0. The molecule has 118 valence electrons. The first-order valence-corrected chi connectivity index (χ1v) is 8.69. The van der Waals surface area contributed by atoms with Crippen molar-refractivity contribution in [3.8, 4) is 11.5 Å². The van der Waals surface area contributed by atoms with Gasteiger partial charge in [-0.3, -0.25) is 0 Å². The fraction of sp³-hybridized carbons (Fsp3) is 0.235. The number of hydrogen-bond donors (Lipinski definition) is 0. The zero-order chi connectivity index (χ0) is 16.2. The average molecular weight is 440 g/mol. The molecule has 0 saturated carbocycles. The fourth-order valence-corrected chi connectivity index (χ4v) is 4.87. The van der Waals surface area contributed by atoms with Crippen LogP contribution in [0.1, 0.15) is 27.9 Å². The Morgan fingerprint density at radius 1 is 1.22 bits per heavy atom. The smallest absolute Gasteiger partial charge is 0.339 e. The number of hydrogen-bond acceptors (Lipinski definition) is 4. The summed E-state index contributed by atoms with van der Waals surface area (Å²) in [5.41, 5.74) is 1.52. The van der Waals surface area contributed by atoms with E-state index in [4.69, 9.17) is 14.2 Å². The van der Waals surface area contributed by atoms with Crippen molar-refractivity contribution in [3.63, 3.8) is 0 Å². The maximum Gasteiger partial charge on any atom is 0.339 e. The summed E-state index contributed by atoms with van der Waals surface area (Å²) in [5.74, 6) is 1.01. The van der Waals surface area contributed by atoms with Crippen molar-refractivity contribution in [2.45, 2.75) is 12.0 Å². The molecule has 0 amide bonds. The lowest BCUT2D eigenvalue weighted by atomic mass is 9.81. The Balaban J connectivity index is 2.02. The van der Waals surface area contributed by atoms with Gasteiger partial charge in [-0.05, 0) is 44.0 Å². The summed E-state index contributed by atoms with van der Waals surface area (Å²) in [5, 5.41) is 0. The van der Waals surface area contributed by atoms with Crippen LogP contribution in [0.15, 0.2) is 39.3 Å². The number of carbonyl (C=O) groups is 1. The number of carbonyl (C=O) groups excluding carboxylic acids is 1. The van der Waals surface area contributed by atoms with Crippen LogP contribution >= 0.6 is 31.9 Å². The summed E-state index contributed by atoms with van der Waals surface area (Å²) >= 11 is 7.06. The number of methoxy groups -OCH3 is 1. The minimum atomic E-state index is -0.807. The Labute approximate surface area is 150 Å². The van der Waals surface area contributed by atoms with Crippen molar-refractivity contribution in [2.75, 3.05) is 13.7 Å². The minimum Gasteiger partial charge on any atom is -0.494 e. The van der Waals surface area contributed by atoms with Crippen molar-refractivity contribution in [2.24, 2.45) is 0 Å². The van der Waals surface area contributed by atoms with Gasteiger partial charge in [-0.25, -0.2) is 4.79 Å². The van der Waals surface area contributed by atoms with E-state index in [-0.39, 0.29) is 5.97 Å². The third-order valence-corrected chi connectivity index (χ3v) is 5.63. The molecule has 0 aromatic heterocycles. The highest BCUT2D eigenvalue weighted by Gasteiger charge is 2.51. The molecule has 4 rings (SSSR count). The van der Waals surface area contributed by atoms with Crippen LogP contribution < -0.4 is 9.47 Å². The highest BCUT2D eigenvalue weighted by molar-refractivity contribution is 9.11. The molecule has 2 aromatic rings. The molecule has 2 aliphatic heterocycles. The van der Waals surface area contributed by atoms with Gasteiger partial charge in [-0.15, -0.1) is 0 Å². The molecule has 4 nitrogen and oxygen atoms in total. The van der Waals surface area contributed by atoms with Crippen LogP contribution in [0.2, 0.25) is 0 Å². The standard InChI is InChI=1S/C17H12Br2O4/c1-21-15-12(18)8-11-14(13(15)19)22-7-6-17(11)10-5-3-2-4-9(10)16(20)23-17/h2-5,8H,6-7H2,1H3. The normalized spacial score (nSPS) is 21.4. The number of rotatable bonds is 1. The minimum absolute atomic E-state index is 0.295. The van der Waals surface area contributed by atoms with Crippen molar-refractivity contribution in [3.05, 3.63) is 56.0 Å². The van der Waals surface area contributed by atoms with Gasteiger partial charge in [-0.2, -0.15) is 0 Å². The van der Waals surface area contributed by atoms with Crippen molar-refractivity contribution in [1.82, 2.24) is 0 Å². The number of ether oxygens (including phenoxy) is 3. The SMILES string of the molecule is COc1c(Br)cc2c(c1Br)OCCC21OC(=O)c2ccccc21. The highest BCUT2D eigenvalue weighted by Crippen LogP contribution is 2.54. The molecule has 0 saturated heterocycles. The van der Waals surface area contributed by atoms with Crippen LogP contribution in [-0.2, 0) is 10.3 Å². The van der Waals surface area contributed by atoms with Crippen molar-refractivity contribution >= 4 is 37.8 Å². The summed E-state index contributed by atoms with van der Waals surface area (Å²) in [6.45, 7) is 0.456. The Kier molecular flexibility index (Phi) is 3.43. The van der Waals surface area contributed by atoms with Crippen LogP contribution in [0, 0.1) is 0 Å². The largest absolute Gasteiger partial charge is 0.494 e. The van der Waals surface area contributed by atoms with Crippen molar-refractivity contribution in [1.29, 1.82) is 0 Å². The third-order valence-electron chi connectivity index (χ3n) is 4.32. The first-order valence-electron chi connectivity index (χ1n) is 7.10. The highest BCUT2D eigenvalue weighted by atomic mass is 79.9. The predicted molar refractivity (Wildman–Crippen MR) is 91.1 cm³/mol. The number of esters is 1. The molecule has 1 spiro atoms. The van der Waals surface area contributed by atoms with Crippen molar-refractivity contribution < 1.29 is 19.0 Å². The van der Waals surface area contributed by atoms with E-state index in [1.54, 1.807) is 13.2 Å². The molecule has 23 heavy (non-hydrogen) atoms. The molecule has 0 radical (unpaired) electrons. The third kappa shape index (κ3) is 1.97. The van der Waals surface area contributed by atoms with Crippen LogP contribution in [-0.4, -0.2) is 19.7 Å². The maximum atomic E-state index is 12.3. The van der Waals surface area contributed by atoms with Gasteiger partial charge in [-0.1, -0.05) is 18.2 Å². The van der Waals surface area contributed by atoms with Gasteiger partial charge < -0.3 is 14.2 Å². The molecule has 2 aliphatic rings. The monoisotopic (exact) mass is 438 g/mol. The molecule has 2 aromatic carbocycles. The lowest BCUT2D eigenvalue weighted by Crippen LogP contribution is -2.34. The molecule has 6 heteroatoms. The Hall–Kier alpha value is -1.53. The molecule has 1 atom stereocenters. The second kappa shape index (κ2) is 5.24. The average Bonchev–Trinajstić information content (AvgIpc) is 2.83. The van der Waals surface area contributed by atoms with E-state index >= 15 is 0 Å². The van der Waals surface area contributed by atoms with Crippen LogP contribution in [0.3, 0.4) is 0 Å². The van der Waals surface area contributed by atoms with Gasteiger partial charge >= 0.3 is 5.97 Å². The van der Waals surface area contributed by atoms with E-state index in [0.717, 1.165) is 15.6 Å². The number of benzene rings is 2. The van der Waals surface area contributed by atoms with Crippen LogP contribution in [0.4, 0.5) is 0 Å². The number of halogens is 2. The summed E-state index contributed by atoms with van der Waals surface area (Å²) in [7, 11) is 1.60. The van der Waals surface area contributed by atoms with Crippen LogP contribution in [0.5, 0.6) is 11.5 Å². The quantitative estimate of drug-likeness (QED) is 0.617. The van der Waals surface area contributed by atoms with E-state index in [1.807, 2.05) is 24.3 Å². The molecule has 0 fully saturated rings. The van der Waals surface area contributed by atoms with E-state index in [2.05, 4.69) is 31.9 Å². The van der Waals surface area contributed by atoms with Crippen LogP contribution in [0.25, 0.3) is 0 Å². The van der Waals surface area contributed by atoms with Gasteiger partial charge in [0.2, 0.25) is 0 Å². The molecule has 1 unspecified atom stereocenters. The number of fused-ring (bicyclic) bond motifs is 4. The van der Waals surface area contributed by atoms with Gasteiger partial charge in [0, 0.05) is 17.5 Å².